The van der Waals surface area contributed by atoms with E-state index in [0.29, 0.717) is 5.88 Å². The highest BCUT2D eigenvalue weighted by Gasteiger charge is 1.98. The number of aromatic nitrogens is 1. The second kappa shape index (κ2) is 4.19. The van der Waals surface area contributed by atoms with E-state index in [1.807, 2.05) is 25.1 Å². The van der Waals surface area contributed by atoms with E-state index in [4.69, 9.17) is 11.6 Å². The summed E-state index contributed by atoms with van der Waals surface area (Å²) in [6.45, 7) is 2.02. The van der Waals surface area contributed by atoms with Crippen molar-refractivity contribution in [1.29, 1.82) is 0 Å². The lowest BCUT2D eigenvalue weighted by Crippen LogP contribution is -2.17. The zero-order chi connectivity index (χ0) is 8.10. The zero-order valence-electron chi connectivity index (χ0n) is 6.42. The molecule has 1 aromatic rings. The molecule has 11 heavy (non-hydrogen) atoms. The van der Waals surface area contributed by atoms with Gasteiger partial charge >= 0.3 is 0 Å². The van der Waals surface area contributed by atoms with Crippen molar-refractivity contribution < 1.29 is 0 Å². The quantitative estimate of drug-likeness (QED) is 0.703. The van der Waals surface area contributed by atoms with E-state index in [9.17, 15) is 0 Å². The van der Waals surface area contributed by atoms with E-state index in [2.05, 4.69) is 10.3 Å². The Morgan fingerprint density at radius 2 is 2.45 bits per heavy atom. The van der Waals surface area contributed by atoms with Gasteiger partial charge in [-0.1, -0.05) is 6.07 Å². The fourth-order valence-corrected chi connectivity index (χ4v) is 0.816. The number of alkyl halides is 1. The van der Waals surface area contributed by atoms with Crippen LogP contribution >= 0.6 is 11.6 Å². The predicted molar refractivity (Wildman–Crippen MR) is 48.0 cm³/mol. The molecular formula is C8H11ClN2. The molecule has 60 valence electrons. The minimum atomic E-state index is 0.270. The van der Waals surface area contributed by atoms with Gasteiger partial charge in [0.25, 0.3) is 0 Å². The molecule has 0 fully saturated rings. The molecule has 1 unspecified atom stereocenters. The summed E-state index contributed by atoms with van der Waals surface area (Å²) < 4.78 is 0. The molecule has 3 heteroatoms. The molecule has 0 spiro atoms. The molecule has 1 heterocycles. The van der Waals surface area contributed by atoms with Crippen LogP contribution in [0.4, 0.5) is 5.82 Å². The average Bonchev–Trinajstić information content (AvgIpc) is 2.06. The molecule has 0 saturated carbocycles. The lowest BCUT2D eigenvalue weighted by atomic mass is 10.4. The second-order valence-corrected chi connectivity index (χ2v) is 2.72. The molecule has 0 aliphatic carbocycles. The molecule has 0 saturated heterocycles. The van der Waals surface area contributed by atoms with E-state index < -0.39 is 0 Å². The Labute approximate surface area is 71.6 Å². The highest BCUT2D eigenvalue weighted by molar-refractivity contribution is 6.18. The van der Waals surface area contributed by atoms with Gasteiger partial charge in [-0.15, -0.1) is 11.6 Å². The third-order valence-electron chi connectivity index (χ3n) is 1.29. The minimum absolute atomic E-state index is 0.270. The van der Waals surface area contributed by atoms with E-state index >= 15 is 0 Å². The van der Waals surface area contributed by atoms with Crippen molar-refractivity contribution in [2.24, 2.45) is 0 Å². The Morgan fingerprint density at radius 3 is 3.00 bits per heavy atom. The summed E-state index contributed by atoms with van der Waals surface area (Å²) in [5, 5.41) is 3.15. The van der Waals surface area contributed by atoms with Crippen molar-refractivity contribution in [2.45, 2.75) is 13.0 Å². The fraction of sp³-hybridized carbons (Fsp3) is 0.375. The summed E-state index contributed by atoms with van der Waals surface area (Å²) in [6, 6.07) is 6.02. The summed E-state index contributed by atoms with van der Waals surface area (Å²) in [5.41, 5.74) is 0. The Bertz CT molecular complexity index is 201. The van der Waals surface area contributed by atoms with Crippen LogP contribution in [0.25, 0.3) is 0 Å². The van der Waals surface area contributed by atoms with E-state index in [1.54, 1.807) is 6.20 Å². The molecule has 0 aliphatic heterocycles. The first kappa shape index (κ1) is 8.34. The van der Waals surface area contributed by atoms with Crippen molar-refractivity contribution in [3.63, 3.8) is 0 Å². The Hall–Kier alpha value is -0.760. The molecule has 1 aromatic heterocycles. The topological polar surface area (TPSA) is 24.9 Å². The molecule has 1 atom stereocenters. The zero-order valence-corrected chi connectivity index (χ0v) is 7.17. The van der Waals surface area contributed by atoms with Crippen molar-refractivity contribution in [1.82, 2.24) is 4.98 Å². The maximum absolute atomic E-state index is 5.61. The largest absolute Gasteiger partial charge is 0.366 e. The first-order chi connectivity index (χ1) is 5.33. The van der Waals surface area contributed by atoms with Gasteiger partial charge in [-0.25, -0.2) is 4.98 Å². The number of hydrogen-bond donors (Lipinski definition) is 1. The fourth-order valence-electron chi connectivity index (χ4n) is 0.739. The smallest absolute Gasteiger partial charge is 0.126 e. The standard InChI is InChI=1S/C8H11ClN2/c1-7(6-9)11-8-4-2-3-5-10-8/h2-5,7H,6H2,1H3,(H,10,11). The van der Waals surface area contributed by atoms with Crippen molar-refractivity contribution in [3.05, 3.63) is 24.4 Å². The Kier molecular flexibility index (Phi) is 3.17. The first-order valence-corrected chi connectivity index (χ1v) is 4.10. The van der Waals surface area contributed by atoms with Crippen LogP contribution in [0.2, 0.25) is 0 Å². The molecule has 0 radical (unpaired) electrons. The molecule has 1 N–H and O–H groups in total. The van der Waals surface area contributed by atoms with Gasteiger partial charge in [0.1, 0.15) is 5.82 Å². The second-order valence-electron chi connectivity index (χ2n) is 2.41. The summed E-state index contributed by atoms with van der Waals surface area (Å²) in [5.74, 6) is 1.47. The van der Waals surface area contributed by atoms with E-state index in [1.165, 1.54) is 0 Å². The summed E-state index contributed by atoms with van der Waals surface area (Å²) in [7, 11) is 0. The maximum atomic E-state index is 5.61. The first-order valence-electron chi connectivity index (χ1n) is 3.56. The van der Waals surface area contributed by atoms with Gasteiger partial charge in [-0.2, -0.15) is 0 Å². The van der Waals surface area contributed by atoms with Crippen molar-refractivity contribution in [2.75, 3.05) is 11.2 Å². The average molecular weight is 171 g/mol. The van der Waals surface area contributed by atoms with Crippen molar-refractivity contribution in [3.8, 4) is 0 Å². The lowest BCUT2D eigenvalue weighted by Gasteiger charge is -2.09. The summed E-state index contributed by atoms with van der Waals surface area (Å²) in [6.07, 6.45) is 1.75. The van der Waals surface area contributed by atoms with Crippen LogP contribution < -0.4 is 5.32 Å². The molecule has 2 nitrogen and oxygen atoms in total. The summed E-state index contributed by atoms with van der Waals surface area (Å²) >= 11 is 5.61. The predicted octanol–water partition coefficient (Wildman–Crippen LogP) is 2.12. The van der Waals surface area contributed by atoms with Crippen LogP contribution in [0.5, 0.6) is 0 Å². The van der Waals surface area contributed by atoms with Gasteiger partial charge in [0.05, 0.1) is 0 Å². The highest BCUT2D eigenvalue weighted by Crippen LogP contribution is 2.02. The normalized spacial score (nSPS) is 12.5. The minimum Gasteiger partial charge on any atom is -0.366 e. The van der Waals surface area contributed by atoms with Crippen molar-refractivity contribution >= 4 is 17.4 Å². The SMILES string of the molecule is CC(CCl)Nc1ccccn1. The van der Waals surface area contributed by atoms with Gasteiger partial charge in [-0.05, 0) is 19.1 Å². The van der Waals surface area contributed by atoms with Crippen LogP contribution in [0.3, 0.4) is 0 Å². The number of nitrogens with one attached hydrogen (secondary N) is 1. The third kappa shape index (κ3) is 2.76. The molecule has 1 rings (SSSR count). The number of pyridine rings is 1. The van der Waals surface area contributed by atoms with Crippen LogP contribution in [0.1, 0.15) is 6.92 Å². The molecular weight excluding hydrogens is 160 g/mol. The number of hydrogen-bond acceptors (Lipinski definition) is 2. The lowest BCUT2D eigenvalue weighted by molar-refractivity contribution is 0.897. The summed E-state index contributed by atoms with van der Waals surface area (Å²) in [4.78, 5) is 4.10. The van der Waals surface area contributed by atoms with Gasteiger partial charge in [-0.3, -0.25) is 0 Å². The number of halogens is 1. The molecule has 0 amide bonds. The maximum Gasteiger partial charge on any atom is 0.126 e. The number of rotatable bonds is 3. The Balaban J connectivity index is 2.51. The highest BCUT2D eigenvalue weighted by atomic mass is 35.5. The molecule has 0 aromatic carbocycles. The Morgan fingerprint density at radius 1 is 1.64 bits per heavy atom. The van der Waals surface area contributed by atoms with Gasteiger partial charge < -0.3 is 5.32 Å². The van der Waals surface area contributed by atoms with Crippen LogP contribution in [-0.4, -0.2) is 16.9 Å². The van der Waals surface area contributed by atoms with Gasteiger partial charge in [0, 0.05) is 18.1 Å². The molecule has 0 aliphatic rings. The van der Waals surface area contributed by atoms with Gasteiger partial charge in [0.15, 0.2) is 0 Å². The van der Waals surface area contributed by atoms with Gasteiger partial charge in [0.2, 0.25) is 0 Å². The van der Waals surface area contributed by atoms with Crippen LogP contribution in [-0.2, 0) is 0 Å². The third-order valence-corrected chi connectivity index (χ3v) is 1.75. The van der Waals surface area contributed by atoms with E-state index in [0.717, 1.165) is 5.82 Å². The van der Waals surface area contributed by atoms with Crippen LogP contribution in [0.15, 0.2) is 24.4 Å². The monoisotopic (exact) mass is 170 g/mol. The van der Waals surface area contributed by atoms with E-state index in [-0.39, 0.29) is 6.04 Å². The number of anilines is 1. The molecule has 0 bridgehead atoms. The van der Waals surface area contributed by atoms with Crippen LogP contribution in [0, 0.1) is 0 Å². The number of nitrogens with zero attached hydrogens (tertiary/aromatic N) is 1.